The first kappa shape index (κ1) is 12.4. The lowest BCUT2D eigenvalue weighted by molar-refractivity contribution is 1.33. The predicted molar refractivity (Wildman–Crippen MR) is 44.4 cm³/mol. The van der Waals surface area contributed by atoms with E-state index in [0.29, 0.717) is 0 Å². The lowest BCUT2D eigenvalue weighted by Gasteiger charge is -1.70. The van der Waals surface area contributed by atoms with Crippen molar-refractivity contribution in [3.8, 4) is 0 Å². The molecule has 1 rings (SSSR count). The van der Waals surface area contributed by atoms with E-state index in [9.17, 15) is 0 Å². The van der Waals surface area contributed by atoms with Gasteiger partial charge in [0.15, 0.2) is 0 Å². The highest BCUT2D eigenvalue weighted by atomic mass is 15.0. The monoisotopic (exact) mass is 163 g/mol. The zero-order chi connectivity index (χ0) is 9.66. The second-order valence-electron chi connectivity index (χ2n) is 1.20. The van der Waals surface area contributed by atoms with E-state index in [2.05, 4.69) is 4.98 Å². The summed E-state index contributed by atoms with van der Waals surface area (Å²) in [6.45, 7) is 0. The number of aromatic nitrogens is 1. The van der Waals surface area contributed by atoms with Gasteiger partial charge in [0.25, 0.3) is 0 Å². The Bertz CT molecular complexity index is 193. The SMILES string of the molecule is [N-]=[N+]=[N-].[N-]=[N+]=[N-].c1ccncc1. The highest BCUT2D eigenvalue weighted by Gasteiger charge is 1.58. The smallest absolute Gasteiger partial charge is 0.0267 e. The molecule has 62 valence electrons. The van der Waals surface area contributed by atoms with Gasteiger partial charge in [0.05, 0.1) is 0 Å². The van der Waals surface area contributed by atoms with Crippen LogP contribution in [0.5, 0.6) is 0 Å². The topological polar surface area (TPSA) is 130 Å². The molecule has 0 aromatic carbocycles. The van der Waals surface area contributed by atoms with Gasteiger partial charge in [-0.05, 0) is 12.1 Å². The second kappa shape index (κ2) is 15.9. The third-order valence-corrected chi connectivity index (χ3v) is 0.566. The van der Waals surface area contributed by atoms with Gasteiger partial charge in [-0.1, -0.05) is 6.07 Å². The van der Waals surface area contributed by atoms with E-state index in [1.165, 1.54) is 9.82 Å². The van der Waals surface area contributed by atoms with E-state index in [4.69, 9.17) is 22.1 Å². The van der Waals surface area contributed by atoms with Crippen LogP contribution in [-0.4, -0.2) is 4.98 Å². The normalized spacial score (nSPS) is 5.33. The van der Waals surface area contributed by atoms with Crippen LogP contribution in [-0.2, 0) is 0 Å². The number of nitrogens with zero attached hydrogens (tertiary/aromatic N) is 7. The van der Waals surface area contributed by atoms with Gasteiger partial charge in [-0.15, -0.1) is 0 Å². The standard InChI is InChI=1S/C5H5N.2N3/c1-2-4-6-5-3-1;2*1-3-2/h1-5H;;/q;2*-1. The molecule has 0 saturated heterocycles. The fourth-order valence-corrected chi connectivity index (χ4v) is 0.313. The second-order valence-corrected chi connectivity index (χ2v) is 1.20. The van der Waals surface area contributed by atoms with Crippen LogP contribution < -0.4 is 0 Å². The van der Waals surface area contributed by atoms with Crippen LogP contribution in [0.15, 0.2) is 30.6 Å². The van der Waals surface area contributed by atoms with Crippen molar-refractivity contribution < 1.29 is 0 Å². The van der Waals surface area contributed by atoms with Crippen LogP contribution >= 0.6 is 0 Å². The first-order valence-electron chi connectivity index (χ1n) is 2.65. The van der Waals surface area contributed by atoms with Crippen molar-refractivity contribution in [2.45, 2.75) is 0 Å². The molecule has 0 spiro atoms. The maximum atomic E-state index is 6.75. The molecule has 1 aromatic rings. The number of hydrogen-bond donors (Lipinski definition) is 0. The van der Waals surface area contributed by atoms with Crippen molar-refractivity contribution in [2.24, 2.45) is 0 Å². The molecule has 12 heavy (non-hydrogen) atoms. The molecular formula is C5H5N7-2. The van der Waals surface area contributed by atoms with Gasteiger partial charge in [-0.2, -0.15) is 0 Å². The lowest BCUT2D eigenvalue weighted by atomic mass is 10.5. The summed E-state index contributed by atoms with van der Waals surface area (Å²) >= 11 is 0. The predicted octanol–water partition coefficient (Wildman–Crippen LogP) is 2.81. The molecule has 0 aliphatic rings. The summed E-state index contributed by atoms with van der Waals surface area (Å²) in [5, 5.41) is 0. The maximum absolute atomic E-state index is 6.75. The van der Waals surface area contributed by atoms with E-state index in [1.807, 2.05) is 18.2 Å². The summed E-state index contributed by atoms with van der Waals surface area (Å²) < 4.78 is 0. The first-order valence-corrected chi connectivity index (χ1v) is 2.65. The molecule has 0 aliphatic heterocycles. The summed E-state index contributed by atoms with van der Waals surface area (Å²) in [5.41, 5.74) is 27.0. The van der Waals surface area contributed by atoms with Gasteiger partial charge in [-0.3, -0.25) is 14.8 Å². The summed E-state index contributed by atoms with van der Waals surface area (Å²) in [5.74, 6) is 0. The Morgan fingerprint density at radius 3 is 1.17 bits per heavy atom. The Balaban J connectivity index is 0. The summed E-state index contributed by atoms with van der Waals surface area (Å²) in [6.07, 6.45) is 3.50. The van der Waals surface area contributed by atoms with Crippen LogP contribution in [0.4, 0.5) is 0 Å². The first-order chi connectivity index (χ1) is 5.83. The average Bonchev–Trinajstić information content (AvgIpc) is 2.10. The van der Waals surface area contributed by atoms with Crippen LogP contribution in [0.1, 0.15) is 0 Å². The molecule has 0 bridgehead atoms. The molecule has 0 fully saturated rings. The van der Waals surface area contributed by atoms with Crippen LogP contribution in [0.25, 0.3) is 31.9 Å². The van der Waals surface area contributed by atoms with E-state index in [1.54, 1.807) is 12.4 Å². The Labute approximate surface area is 68.5 Å². The summed E-state index contributed by atoms with van der Waals surface area (Å²) in [4.78, 5) is 6.78. The third kappa shape index (κ3) is 25.1. The minimum Gasteiger partial charge on any atom is -0.373 e. The molecule has 0 unspecified atom stereocenters. The average molecular weight is 163 g/mol. The Morgan fingerprint density at radius 1 is 0.750 bits per heavy atom. The molecule has 0 amide bonds. The quantitative estimate of drug-likeness (QED) is 0.324. The Hall–Kier alpha value is -2.23. The van der Waals surface area contributed by atoms with Crippen molar-refractivity contribution in [3.63, 3.8) is 0 Å². The van der Waals surface area contributed by atoms with Gasteiger partial charge in [0, 0.05) is 12.4 Å². The molecule has 0 radical (unpaired) electrons. The molecule has 0 N–H and O–H groups in total. The van der Waals surface area contributed by atoms with Crippen LogP contribution in [0.3, 0.4) is 0 Å². The molecule has 1 heterocycles. The molecule has 7 heteroatoms. The van der Waals surface area contributed by atoms with Gasteiger partial charge in [-0.25, -0.2) is 0 Å². The fourth-order valence-electron chi connectivity index (χ4n) is 0.313. The van der Waals surface area contributed by atoms with E-state index >= 15 is 0 Å². The Morgan fingerprint density at radius 2 is 1.08 bits per heavy atom. The molecule has 0 saturated carbocycles. The molecule has 1 aromatic heterocycles. The van der Waals surface area contributed by atoms with Crippen molar-refractivity contribution in [1.82, 2.24) is 4.98 Å². The van der Waals surface area contributed by atoms with E-state index in [-0.39, 0.29) is 0 Å². The molecular weight excluding hydrogens is 158 g/mol. The summed E-state index contributed by atoms with van der Waals surface area (Å²) in [6, 6.07) is 5.72. The Kier molecular flexibility index (Phi) is 16.5. The minimum absolute atomic E-state index is 1.50. The van der Waals surface area contributed by atoms with Gasteiger partial charge in [0.1, 0.15) is 0 Å². The van der Waals surface area contributed by atoms with Gasteiger partial charge >= 0.3 is 0 Å². The zero-order valence-corrected chi connectivity index (χ0v) is 6.02. The molecule has 0 atom stereocenters. The highest BCUT2D eigenvalue weighted by molar-refractivity contribution is 4.88. The minimum atomic E-state index is 1.50. The van der Waals surface area contributed by atoms with Crippen LogP contribution in [0, 0.1) is 0 Å². The third-order valence-electron chi connectivity index (χ3n) is 0.566. The van der Waals surface area contributed by atoms with Crippen molar-refractivity contribution in [1.29, 1.82) is 0 Å². The molecule has 0 aliphatic carbocycles. The van der Waals surface area contributed by atoms with Crippen molar-refractivity contribution in [2.75, 3.05) is 0 Å². The van der Waals surface area contributed by atoms with Crippen LogP contribution in [0.2, 0.25) is 0 Å². The maximum Gasteiger partial charge on any atom is 0.0267 e. The van der Waals surface area contributed by atoms with E-state index < -0.39 is 0 Å². The number of pyridine rings is 1. The van der Waals surface area contributed by atoms with Crippen molar-refractivity contribution in [3.05, 3.63) is 62.5 Å². The summed E-state index contributed by atoms with van der Waals surface area (Å²) in [7, 11) is 0. The number of hydrogen-bond acceptors (Lipinski definition) is 1. The van der Waals surface area contributed by atoms with Crippen molar-refractivity contribution >= 4 is 0 Å². The molecule has 7 nitrogen and oxygen atoms in total. The number of rotatable bonds is 0. The van der Waals surface area contributed by atoms with Gasteiger partial charge in [0.2, 0.25) is 0 Å². The largest absolute Gasteiger partial charge is 0.373 e. The lowest BCUT2D eigenvalue weighted by Crippen LogP contribution is -1.58. The highest BCUT2D eigenvalue weighted by Crippen LogP contribution is 1.73. The fraction of sp³-hybridized carbons (Fsp3) is 0. The van der Waals surface area contributed by atoms with E-state index in [0.717, 1.165) is 0 Å². The zero-order valence-electron chi connectivity index (χ0n) is 6.02. The van der Waals surface area contributed by atoms with Gasteiger partial charge < -0.3 is 22.1 Å².